The Morgan fingerprint density at radius 3 is 2.70 bits per heavy atom. The van der Waals surface area contributed by atoms with Crippen molar-refractivity contribution in [2.45, 2.75) is 13.2 Å². The number of aromatic nitrogens is 2. The molecule has 118 valence electrons. The van der Waals surface area contributed by atoms with Crippen LogP contribution in [0.25, 0.3) is 11.0 Å². The van der Waals surface area contributed by atoms with Crippen molar-refractivity contribution in [1.82, 2.24) is 9.55 Å². The van der Waals surface area contributed by atoms with Gasteiger partial charge in [-0.2, -0.15) is 0 Å². The van der Waals surface area contributed by atoms with Gasteiger partial charge in [-0.05, 0) is 24.3 Å². The molecule has 1 heterocycles. The first-order chi connectivity index (χ1) is 11.2. The summed E-state index contributed by atoms with van der Waals surface area (Å²) in [5.74, 6) is 0.870. The summed E-state index contributed by atoms with van der Waals surface area (Å²) in [5.41, 5.74) is 1.66. The molecular weight excluding hydrogens is 316 g/mol. The van der Waals surface area contributed by atoms with E-state index in [1.807, 2.05) is 36.4 Å². The molecule has 23 heavy (non-hydrogen) atoms. The number of nitrogens with zero attached hydrogens (tertiary/aromatic N) is 2. The van der Waals surface area contributed by atoms with Crippen LogP contribution in [-0.2, 0) is 22.7 Å². The van der Waals surface area contributed by atoms with Gasteiger partial charge in [0.25, 0.3) is 0 Å². The number of carbonyl (C=O) groups is 1. The van der Waals surface area contributed by atoms with Crippen molar-refractivity contribution in [2.24, 2.45) is 0 Å². The summed E-state index contributed by atoms with van der Waals surface area (Å²) in [7, 11) is 1.36. The number of benzene rings is 2. The van der Waals surface area contributed by atoms with Crippen molar-refractivity contribution in [1.29, 1.82) is 0 Å². The smallest absolute Gasteiger partial charge is 0.325 e. The summed E-state index contributed by atoms with van der Waals surface area (Å²) in [6.45, 7) is 0.285. The summed E-state index contributed by atoms with van der Waals surface area (Å²) < 4.78 is 12.3. The molecule has 0 amide bonds. The van der Waals surface area contributed by atoms with Crippen molar-refractivity contribution in [2.75, 3.05) is 7.11 Å². The van der Waals surface area contributed by atoms with Crippen molar-refractivity contribution >= 4 is 28.6 Å². The van der Waals surface area contributed by atoms with Gasteiger partial charge in [-0.25, -0.2) is 4.98 Å². The second-order valence-corrected chi connectivity index (χ2v) is 5.31. The van der Waals surface area contributed by atoms with Gasteiger partial charge in [-0.15, -0.1) is 0 Å². The van der Waals surface area contributed by atoms with Crippen LogP contribution in [0.15, 0.2) is 48.5 Å². The molecule has 0 atom stereocenters. The molecule has 0 spiro atoms. The Balaban J connectivity index is 1.91. The van der Waals surface area contributed by atoms with E-state index in [9.17, 15) is 4.79 Å². The third-order valence-electron chi connectivity index (χ3n) is 3.44. The van der Waals surface area contributed by atoms with E-state index in [1.165, 1.54) is 7.11 Å². The lowest BCUT2D eigenvalue weighted by molar-refractivity contribution is -0.141. The molecule has 1 aromatic heterocycles. The van der Waals surface area contributed by atoms with Crippen LogP contribution in [-0.4, -0.2) is 22.6 Å². The van der Waals surface area contributed by atoms with E-state index in [2.05, 4.69) is 4.98 Å². The SMILES string of the molecule is COC(=O)Cn1c(COc2ccccc2Cl)nc2ccccc21. The predicted molar refractivity (Wildman–Crippen MR) is 87.5 cm³/mol. The Morgan fingerprint density at radius 1 is 1.17 bits per heavy atom. The zero-order valence-corrected chi connectivity index (χ0v) is 13.3. The van der Waals surface area contributed by atoms with Gasteiger partial charge in [0.1, 0.15) is 24.7 Å². The van der Waals surface area contributed by atoms with Crippen LogP contribution in [0.4, 0.5) is 0 Å². The molecule has 0 aliphatic heterocycles. The molecular formula is C17H15ClN2O3. The number of para-hydroxylation sites is 3. The molecule has 5 nitrogen and oxygen atoms in total. The maximum atomic E-state index is 11.7. The van der Waals surface area contributed by atoms with E-state index < -0.39 is 0 Å². The van der Waals surface area contributed by atoms with Crippen LogP contribution in [0.3, 0.4) is 0 Å². The van der Waals surface area contributed by atoms with Gasteiger partial charge in [-0.3, -0.25) is 4.79 Å². The predicted octanol–water partition coefficient (Wildman–Crippen LogP) is 3.44. The Bertz CT molecular complexity index is 845. The van der Waals surface area contributed by atoms with E-state index in [4.69, 9.17) is 21.1 Å². The van der Waals surface area contributed by atoms with Gasteiger partial charge < -0.3 is 14.0 Å². The Hall–Kier alpha value is -2.53. The van der Waals surface area contributed by atoms with Crippen molar-refractivity contribution in [3.8, 4) is 5.75 Å². The van der Waals surface area contributed by atoms with Gasteiger partial charge in [0.05, 0.1) is 23.2 Å². The topological polar surface area (TPSA) is 53.4 Å². The third-order valence-corrected chi connectivity index (χ3v) is 3.75. The number of esters is 1. The largest absolute Gasteiger partial charge is 0.484 e. The zero-order valence-electron chi connectivity index (χ0n) is 12.5. The maximum Gasteiger partial charge on any atom is 0.325 e. The number of fused-ring (bicyclic) bond motifs is 1. The third kappa shape index (κ3) is 3.29. The first-order valence-electron chi connectivity index (χ1n) is 7.07. The number of methoxy groups -OCH3 is 1. The first-order valence-corrected chi connectivity index (χ1v) is 7.45. The molecule has 0 N–H and O–H groups in total. The monoisotopic (exact) mass is 330 g/mol. The molecule has 2 aromatic carbocycles. The van der Waals surface area contributed by atoms with E-state index >= 15 is 0 Å². The Labute approximate surface area is 138 Å². The molecule has 3 rings (SSSR count). The van der Waals surface area contributed by atoms with Gasteiger partial charge >= 0.3 is 5.97 Å². The van der Waals surface area contributed by atoms with Crippen molar-refractivity contribution in [3.05, 3.63) is 59.4 Å². The van der Waals surface area contributed by atoms with Crippen LogP contribution in [0.5, 0.6) is 5.75 Å². The molecule has 0 unspecified atom stereocenters. The second kappa shape index (κ2) is 6.71. The van der Waals surface area contributed by atoms with Gasteiger partial charge in [-0.1, -0.05) is 35.9 Å². The van der Waals surface area contributed by atoms with Crippen LogP contribution >= 0.6 is 11.6 Å². The number of carbonyl (C=O) groups excluding carboxylic acids is 1. The highest BCUT2D eigenvalue weighted by atomic mass is 35.5. The van der Waals surface area contributed by atoms with Crippen molar-refractivity contribution in [3.63, 3.8) is 0 Å². The number of hydrogen-bond donors (Lipinski definition) is 0. The summed E-state index contributed by atoms with van der Waals surface area (Å²) in [6.07, 6.45) is 0. The molecule has 0 saturated heterocycles. The molecule has 6 heteroatoms. The highest BCUT2D eigenvalue weighted by Crippen LogP contribution is 2.25. The Kier molecular flexibility index (Phi) is 4.48. The fourth-order valence-electron chi connectivity index (χ4n) is 2.31. The zero-order chi connectivity index (χ0) is 16.2. The van der Waals surface area contributed by atoms with Crippen LogP contribution in [0, 0.1) is 0 Å². The standard InChI is InChI=1S/C17H15ClN2O3/c1-22-17(21)10-20-14-8-4-3-7-13(14)19-16(20)11-23-15-9-5-2-6-12(15)18/h2-9H,10-11H2,1H3. The first kappa shape index (κ1) is 15.4. The minimum absolute atomic E-state index is 0.0816. The van der Waals surface area contributed by atoms with E-state index in [-0.39, 0.29) is 19.1 Å². The van der Waals surface area contributed by atoms with Gasteiger partial charge in [0, 0.05) is 0 Å². The van der Waals surface area contributed by atoms with Crippen LogP contribution < -0.4 is 4.74 Å². The van der Waals surface area contributed by atoms with Gasteiger partial charge in [0.2, 0.25) is 0 Å². The lowest BCUT2D eigenvalue weighted by atomic mass is 10.3. The number of rotatable bonds is 5. The molecule has 0 fully saturated rings. The van der Waals surface area contributed by atoms with E-state index in [0.717, 1.165) is 11.0 Å². The fraction of sp³-hybridized carbons (Fsp3) is 0.176. The summed E-state index contributed by atoms with van der Waals surface area (Å²) in [4.78, 5) is 16.2. The number of hydrogen-bond acceptors (Lipinski definition) is 4. The highest BCUT2D eigenvalue weighted by molar-refractivity contribution is 6.32. The second-order valence-electron chi connectivity index (χ2n) is 4.90. The van der Waals surface area contributed by atoms with Crippen molar-refractivity contribution < 1.29 is 14.3 Å². The molecule has 0 bridgehead atoms. The number of ether oxygens (including phenoxy) is 2. The molecule has 0 saturated carbocycles. The number of halogens is 1. The van der Waals surface area contributed by atoms with Crippen LogP contribution in [0.1, 0.15) is 5.82 Å². The van der Waals surface area contributed by atoms with E-state index in [0.29, 0.717) is 16.6 Å². The lowest BCUT2D eigenvalue weighted by Crippen LogP contribution is -2.15. The average Bonchev–Trinajstić information content (AvgIpc) is 2.92. The summed E-state index contributed by atoms with van der Waals surface area (Å²) >= 11 is 6.09. The fourth-order valence-corrected chi connectivity index (χ4v) is 2.50. The minimum atomic E-state index is -0.341. The van der Waals surface area contributed by atoms with E-state index in [1.54, 1.807) is 16.7 Å². The summed E-state index contributed by atoms with van der Waals surface area (Å²) in [6, 6.07) is 14.8. The quantitative estimate of drug-likeness (QED) is 0.672. The molecule has 0 aliphatic carbocycles. The molecule has 0 aliphatic rings. The van der Waals surface area contributed by atoms with Gasteiger partial charge in [0.15, 0.2) is 0 Å². The van der Waals surface area contributed by atoms with Crippen LogP contribution in [0.2, 0.25) is 5.02 Å². The number of imidazole rings is 1. The summed E-state index contributed by atoms with van der Waals surface area (Å²) in [5, 5.41) is 0.531. The maximum absolute atomic E-state index is 11.7. The average molecular weight is 331 g/mol. The molecule has 0 radical (unpaired) electrons. The lowest BCUT2D eigenvalue weighted by Gasteiger charge is -2.10. The minimum Gasteiger partial charge on any atom is -0.484 e. The normalized spacial score (nSPS) is 10.7. The molecule has 3 aromatic rings. The highest BCUT2D eigenvalue weighted by Gasteiger charge is 2.14. The Morgan fingerprint density at radius 2 is 1.91 bits per heavy atom.